The Kier molecular flexibility index (Phi) is 4.90. The lowest BCUT2D eigenvalue weighted by Crippen LogP contribution is -2.39. The van der Waals surface area contributed by atoms with E-state index in [1.54, 1.807) is 0 Å². The smallest absolute Gasteiger partial charge is 0.0412 e. The Balaban J connectivity index is 1.73. The van der Waals surface area contributed by atoms with Gasteiger partial charge in [-0.3, -0.25) is 0 Å². The van der Waals surface area contributed by atoms with Gasteiger partial charge in [-0.15, -0.1) is 0 Å². The first-order valence-electron chi connectivity index (χ1n) is 9.06. The molecular formula is C22H23Cl2N. The highest BCUT2D eigenvalue weighted by Gasteiger charge is 2.37. The number of nitrogens with zero attached hydrogens (tertiary/aromatic N) is 1. The Morgan fingerprint density at radius 3 is 1.92 bits per heavy atom. The Morgan fingerprint density at radius 1 is 0.920 bits per heavy atom. The van der Waals surface area contributed by atoms with Gasteiger partial charge in [0, 0.05) is 22.1 Å². The summed E-state index contributed by atoms with van der Waals surface area (Å²) in [6, 6.07) is 17.8. The van der Waals surface area contributed by atoms with E-state index in [0.29, 0.717) is 5.92 Å². The maximum Gasteiger partial charge on any atom is 0.0412 e. The minimum atomic E-state index is 0.613. The fourth-order valence-corrected chi connectivity index (χ4v) is 4.88. The minimum Gasteiger partial charge on any atom is -0.300 e. The van der Waals surface area contributed by atoms with Gasteiger partial charge in [-0.2, -0.15) is 0 Å². The van der Waals surface area contributed by atoms with Gasteiger partial charge < -0.3 is 4.90 Å². The standard InChI is InChI=1S/C22H23Cl2N/c1-25-20-8-9-21(25)11-15(10-20)12-22(16-4-2-6-18(23)13-16)17-5-3-7-19(24)14-17/h2-7,12-15,20-21H,8-11H2,1H3. The molecule has 2 aliphatic rings. The summed E-state index contributed by atoms with van der Waals surface area (Å²) in [6.45, 7) is 0. The second kappa shape index (κ2) is 7.15. The SMILES string of the molecule is CN1C2CCC1CC(C=C(c1cccc(Cl)c1)c1cccc(Cl)c1)C2. The molecule has 0 radical (unpaired) electrons. The molecule has 2 heterocycles. The first kappa shape index (κ1) is 17.1. The summed E-state index contributed by atoms with van der Waals surface area (Å²) in [6.07, 6.45) is 7.65. The van der Waals surface area contributed by atoms with Crippen LogP contribution in [0.25, 0.3) is 5.57 Å². The third-order valence-electron chi connectivity index (χ3n) is 5.81. The van der Waals surface area contributed by atoms with E-state index in [9.17, 15) is 0 Å². The number of fused-ring (bicyclic) bond motifs is 2. The highest BCUT2D eigenvalue weighted by molar-refractivity contribution is 6.31. The van der Waals surface area contributed by atoms with Gasteiger partial charge in [0.1, 0.15) is 0 Å². The summed E-state index contributed by atoms with van der Waals surface area (Å²) < 4.78 is 0. The van der Waals surface area contributed by atoms with E-state index in [4.69, 9.17) is 23.2 Å². The van der Waals surface area contributed by atoms with Crippen molar-refractivity contribution in [2.45, 2.75) is 37.8 Å². The Morgan fingerprint density at radius 2 is 1.44 bits per heavy atom. The summed E-state index contributed by atoms with van der Waals surface area (Å²) >= 11 is 12.5. The molecule has 2 aliphatic heterocycles. The Hall–Kier alpha value is -1.28. The van der Waals surface area contributed by atoms with E-state index >= 15 is 0 Å². The molecule has 0 spiro atoms. The van der Waals surface area contributed by atoms with Crippen LogP contribution < -0.4 is 0 Å². The zero-order valence-corrected chi connectivity index (χ0v) is 16.0. The van der Waals surface area contributed by atoms with Crippen molar-refractivity contribution in [2.75, 3.05) is 7.05 Å². The molecule has 2 atom stereocenters. The van der Waals surface area contributed by atoms with E-state index < -0.39 is 0 Å². The Bertz CT molecular complexity index is 737. The van der Waals surface area contributed by atoms with E-state index in [0.717, 1.165) is 22.1 Å². The Labute approximate surface area is 160 Å². The van der Waals surface area contributed by atoms with E-state index in [2.05, 4.69) is 42.3 Å². The van der Waals surface area contributed by atoms with Crippen molar-refractivity contribution in [3.63, 3.8) is 0 Å². The molecule has 25 heavy (non-hydrogen) atoms. The van der Waals surface area contributed by atoms with Crippen LogP contribution in [0, 0.1) is 5.92 Å². The van der Waals surface area contributed by atoms with Gasteiger partial charge in [-0.05, 0) is 79.6 Å². The third kappa shape index (κ3) is 3.65. The zero-order chi connectivity index (χ0) is 17.4. The van der Waals surface area contributed by atoms with Crippen LogP contribution in [0.2, 0.25) is 10.0 Å². The molecule has 0 aromatic heterocycles. The number of halogens is 2. The molecule has 2 saturated heterocycles. The van der Waals surface area contributed by atoms with Crippen molar-refractivity contribution in [1.29, 1.82) is 0 Å². The van der Waals surface area contributed by atoms with Crippen LogP contribution >= 0.6 is 23.2 Å². The van der Waals surface area contributed by atoms with E-state index in [-0.39, 0.29) is 0 Å². The number of allylic oxidation sites excluding steroid dienone is 1. The van der Waals surface area contributed by atoms with Crippen molar-refractivity contribution >= 4 is 28.8 Å². The summed E-state index contributed by atoms with van der Waals surface area (Å²) in [5.74, 6) is 0.613. The molecule has 0 aliphatic carbocycles. The van der Waals surface area contributed by atoms with Gasteiger partial charge in [-0.25, -0.2) is 0 Å². The highest BCUT2D eigenvalue weighted by Crippen LogP contribution is 2.40. The lowest BCUT2D eigenvalue weighted by atomic mass is 9.86. The summed E-state index contributed by atoms with van der Waals surface area (Å²) in [4.78, 5) is 2.59. The van der Waals surface area contributed by atoms with Crippen LogP contribution in [0.4, 0.5) is 0 Å². The maximum absolute atomic E-state index is 6.27. The van der Waals surface area contributed by atoms with Gasteiger partial charge in [0.25, 0.3) is 0 Å². The topological polar surface area (TPSA) is 3.24 Å². The first-order chi connectivity index (χ1) is 12.1. The van der Waals surface area contributed by atoms with Crippen LogP contribution in [-0.4, -0.2) is 24.0 Å². The average molecular weight is 372 g/mol. The monoisotopic (exact) mass is 371 g/mol. The molecule has 2 fully saturated rings. The first-order valence-corrected chi connectivity index (χ1v) is 9.81. The molecule has 130 valence electrons. The summed E-state index contributed by atoms with van der Waals surface area (Å²) in [7, 11) is 2.29. The van der Waals surface area contributed by atoms with Crippen LogP contribution in [-0.2, 0) is 0 Å². The third-order valence-corrected chi connectivity index (χ3v) is 6.28. The predicted octanol–water partition coefficient (Wildman–Crippen LogP) is 6.30. The van der Waals surface area contributed by atoms with Crippen molar-refractivity contribution in [2.24, 2.45) is 5.92 Å². The van der Waals surface area contributed by atoms with E-state index in [1.807, 2.05) is 24.3 Å². The number of piperidine rings is 1. The summed E-state index contributed by atoms with van der Waals surface area (Å²) in [5.41, 5.74) is 3.58. The normalized spacial score (nSPS) is 25.8. The quantitative estimate of drug-likeness (QED) is 0.611. The number of hydrogen-bond donors (Lipinski definition) is 0. The molecule has 3 heteroatoms. The number of benzene rings is 2. The molecule has 4 rings (SSSR count). The van der Waals surface area contributed by atoms with Crippen molar-refractivity contribution in [1.82, 2.24) is 4.90 Å². The molecule has 2 aromatic rings. The average Bonchev–Trinajstić information content (AvgIpc) is 2.81. The lowest BCUT2D eigenvalue weighted by molar-refractivity contribution is 0.152. The van der Waals surface area contributed by atoms with Crippen LogP contribution in [0.1, 0.15) is 36.8 Å². The van der Waals surface area contributed by atoms with Crippen molar-refractivity contribution < 1.29 is 0 Å². The highest BCUT2D eigenvalue weighted by atomic mass is 35.5. The fraction of sp³-hybridized carbons (Fsp3) is 0.364. The van der Waals surface area contributed by atoms with Gasteiger partial charge in [0.05, 0.1) is 0 Å². The predicted molar refractivity (Wildman–Crippen MR) is 107 cm³/mol. The number of rotatable bonds is 3. The molecule has 2 aromatic carbocycles. The maximum atomic E-state index is 6.27. The largest absolute Gasteiger partial charge is 0.300 e. The number of hydrogen-bond acceptors (Lipinski definition) is 1. The second-order valence-corrected chi connectivity index (χ2v) is 8.26. The molecular weight excluding hydrogens is 349 g/mol. The van der Waals surface area contributed by atoms with E-state index in [1.165, 1.54) is 42.4 Å². The molecule has 2 unspecified atom stereocenters. The van der Waals surface area contributed by atoms with Gasteiger partial charge >= 0.3 is 0 Å². The molecule has 2 bridgehead atoms. The van der Waals surface area contributed by atoms with Gasteiger partial charge in [0.15, 0.2) is 0 Å². The van der Waals surface area contributed by atoms with Crippen LogP contribution in [0.3, 0.4) is 0 Å². The molecule has 0 amide bonds. The lowest BCUT2D eigenvalue weighted by Gasteiger charge is -2.35. The van der Waals surface area contributed by atoms with Gasteiger partial charge in [-0.1, -0.05) is 53.5 Å². The minimum absolute atomic E-state index is 0.613. The zero-order valence-electron chi connectivity index (χ0n) is 14.5. The van der Waals surface area contributed by atoms with Crippen molar-refractivity contribution in [3.8, 4) is 0 Å². The van der Waals surface area contributed by atoms with Crippen molar-refractivity contribution in [3.05, 3.63) is 75.8 Å². The summed E-state index contributed by atoms with van der Waals surface area (Å²) in [5, 5.41) is 1.54. The van der Waals surface area contributed by atoms with Crippen LogP contribution in [0.5, 0.6) is 0 Å². The fourth-order valence-electron chi connectivity index (χ4n) is 4.50. The van der Waals surface area contributed by atoms with Gasteiger partial charge in [0.2, 0.25) is 0 Å². The molecule has 0 saturated carbocycles. The molecule has 1 nitrogen and oxygen atoms in total. The van der Waals surface area contributed by atoms with Crippen LogP contribution in [0.15, 0.2) is 54.6 Å². The second-order valence-electron chi connectivity index (χ2n) is 7.38. The molecule has 0 N–H and O–H groups in total.